The quantitative estimate of drug-likeness (QED) is 0.474. The molecule has 0 radical (unpaired) electrons. The van der Waals surface area contributed by atoms with Crippen LogP contribution in [0.3, 0.4) is 0 Å². The molecule has 1 aromatic carbocycles. The van der Waals surface area contributed by atoms with Crippen molar-refractivity contribution < 1.29 is 28.2 Å². The van der Waals surface area contributed by atoms with E-state index >= 15 is 0 Å². The van der Waals surface area contributed by atoms with Gasteiger partial charge in [0.2, 0.25) is 0 Å². The fourth-order valence-corrected chi connectivity index (χ4v) is 4.48. The van der Waals surface area contributed by atoms with Crippen LogP contribution in [0.1, 0.15) is 44.8 Å². The summed E-state index contributed by atoms with van der Waals surface area (Å²) in [4.78, 5) is 26.5. The van der Waals surface area contributed by atoms with Gasteiger partial charge in [-0.25, -0.2) is 9.80 Å². The minimum atomic E-state index is -0.609. The Hall–Kier alpha value is -3.59. The Bertz CT molecular complexity index is 1200. The van der Waals surface area contributed by atoms with Gasteiger partial charge < -0.3 is 18.6 Å². The van der Waals surface area contributed by atoms with Crippen LogP contribution in [0.25, 0.3) is 0 Å². The third kappa shape index (κ3) is 4.63. The number of amides is 1. The Morgan fingerprint density at radius 1 is 1.15 bits per heavy atom. The second-order valence-corrected chi connectivity index (χ2v) is 8.45. The molecular weight excluding hydrogens is 444 g/mol. The van der Waals surface area contributed by atoms with Gasteiger partial charge in [0.25, 0.3) is 5.91 Å². The monoisotopic (exact) mass is 468 g/mol. The lowest BCUT2D eigenvalue weighted by molar-refractivity contribution is -0.136. The molecule has 0 N–H and O–H groups in total. The molecule has 3 aromatic rings. The van der Waals surface area contributed by atoms with Crippen LogP contribution in [0.2, 0.25) is 0 Å². The second-order valence-electron chi connectivity index (χ2n) is 7.50. The van der Waals surface area contributed by atoms with Gasteiger partial charge in [0.15, 0.2) is 18.1 Å². The highest BCUT2D eigenvalue weighted by Gasteiger charge is 2.34. The summed E-state index contributed by atoms with van der Waals surface area (Å²) < 4.78 is 21.4. The number of rotatable bonds is 7. The van der Waals surface area contributed by atoms with E-state index in [0.29, 0.717) is 35.0 Å². The van der Waals surface area contributed by atoms with Crippen LogP contribution >= 0.6 is 11.3 Å². The molecule has 33 heavy (non-hydrogen) atoms. The van der Waals surface area contributed by atoms with Gasteiger partial charge in [-0.3, -0.25) is 4.79 Å². The van der Waals surface area contributed by atoms with Crippen LogP contribution < -0.4 is 9.47 Å². The van der Waals surface area contributed by atoms with Crippen molar-refractivity contribution in [1.82, 2.24) is 5.01 Å². The molecule has 0 spiro atoms. The molecule has 172 valence electrons. The third-order valence-corrected chi connectivity index (χ3v) is 6.27. The molecule has 2 aromatic heterocycles. The Labute approximate surface area is 195 Å². The first-order valence-electron chi connectivity index (χ1n) is 10.3. The number of ether oxygens (including phenoxy) is 3. The molecule has 1 amide bonds. The summed E-state index contributed by atoms with van der Waals surface area (Å²) in [6.45, 7) is 2.98. The van der Waals surface area contributed by atoms with E-state index in [1.54, 1.807) is 51.5 Å². The maximum Gasteiger partial charge on any atom is 0.342 e. The molecule has 9 heteroatoms. The average Bonchev–Trinajstić information content (AvgIpc) is 3.56. The molecule has 0 bridgehead atoms. The lowest BCUT2D eigenvalue weighted by Gasteiger charge is -2.22. The number of esters is 1. The fourth-order valence-electron chi connectivity index (χ4n) is 3.76. The molecule has 3 heterocycles. The first-order chi connectivity index (χ1) is 15.9. The molecule has 0 aliphatic carbocycles. The number of hydrogen-bond donors (Lipinski definition) is 0. The second kappa shape index (κ2) is 9.50. The van der Waals surface area contributed by atoms with E-state index in [9.17, 15) is 9.59 Å². The smallest absolute Gasteiger partial charge is 0.342 e. The molecule has 0 saturated carbocycles. The maximum absolute atomic E-state index is 13.1. The van der Waals surface area contributed by atoms with E-state index in [4.69, 9.17) is 18.6 Å². The normalized spacial score (nSPS) is 15.3. The summed E-state index contributed by atoms with van der Waals surface area (Å²) in [5, 5.41) is 7.94. The number of hydrogen-bond acceptors (Lipinski definition) is 8. The van der Waals surface area contributed by atoms with Crippen molar-refractivity contribution in [2.75, 3.05) is 20.8 Å². The van der Waals surface area contributed by atoms with Crippen molar-refractivity contribution in [3.63, 3.8) is 0 Å². The van der Waals surface area contributed by atoms with E-state index < -0.39 is 18.5 Å². The molecule has 8 nitrogen and oxygen atoms in total. The van der Waals surface area contributed by atoms with Crippen molar-refractivity contribution >= 4 is 28.9 Å². The van der Waals surface area contributed by atoms with Crippen LogP contribution in [-0.2, 0) is 9.53 Å². The van der Waals surface area contributed by atoms with E-state index in [-0.39, 0.29) is 6.04 Å². The topological polar surface area (TPSA) is 90.6 Å². The molecule has 0 saturated heterocycles. The summed E-state index contributed by atoms with van der Waals surface area (Å²) in [5.41, 5.74) is 1.94. The van der Waals surface area contributed by atoms with Crippen molar-refractivity contribution in [3.8, 4) is 11.5 Å². The van der Waals surface area contributed by atoms with Gasteiger partial charge in [0.1, 0.15) is 17.1 Å². The molecule has 0 unspecified atom stereocenters. The SMILES string of the molecule is COc1ccc([C@H]2CC(c3cccs3)=NN2C(=O)COC(=O)c2cc(C)oc2C)cc1OC. The van der Waals surface area contributed by atoms with Crippen molar-refractivity contribution in [3.05, 3.63) is 69.3 Å². The van der Waals surface area contributed by atoms with Gasteiger partial charge in [0, 0.05) is 6.42 Å². The van der Waals surface area contributed by atoms with Crippen LogP contribution in [0.5, 0.6) is 11.5 Å². The summed E-state index contributed by atoms with van der Waals surface area (Å²) >= 11 is 1.56. The first kappa shape index (κ1) is 22.6. The minimum Gasteiger partial charge on any atom is -0.493 e. The van der Waals surface area contributed by atoms with E-state index in [2.05, 4.69) is 5.10 Å². The number of nitrogens with zero attached hydrogens (tertiary/aromatic N) is 2. The number of methoxy groups -OCH3 is 2. The Kier molecular flexibility index (Phi) is 6.50. The van der Waals surface area contributed by atoms with Gasteiger partial charge in [-0.15, -0.1) is 11.3 Å². The highest BCUT2D eigenvalue weighted by atomic mass is 32.1. The standard InChI is InChI=1S/C24H24N2O6S/c1-14-10-17(15(2)32-14)24(28)31-13-23(27)26-19(12-18(25-26)22-6-5-9-33-22)16-7-8-20(29-3)21(11-16)30-4/h5-11,19H,12-13H2,1-4H3/t19-/m1/s1. The summed E-state index contributed by atoms with van der Waals surface area (Å²) in [6.07, 6.45) is 0.524. The van der Waals surface area contributed by atoms with Gasteiger partial charge in [-0.2, -0.15) is 5.10 Å². The van der Waals surface area contributed by atoms with Crippen molar-refractivity contribution in [1.29, 1.82) is 0 Å². The van der Waals surface area contributed by atoms with Crippen molar-refractivity contribution in [2.45, 2.75) is 26.3 Å². The summed E-state index contributed by atoms with van der Waals surface area (Å²) in [5.74, 6) is 1.17. The molecule has 1 aliphatic heterocycles. The predicted molar refractivity (Wildman–Crippen MR) is 123 cm³/mol. The number of thiophene rings is 1. The van der Waals surface area contributed by atoms with Crippen molar-refractivity contribution in [2.24, 2.45) is 5.10 Å². The summed E-state index contributed by atoms with van der Waals surface area (Å²) in [7, 11) is 3.13. The minimum absolute atomic E-state index is 0.306. The number of furan rings is 1. The largest absolute Gasteiger partial charge is 0.493 e. The van der Waals surface area contributed by atoms with E-state index in [1.165, 1.54) is 5.01 Å². The average molecular weight is 469 g/mol. The van der Waals surface area contributed by atoms with Gasteiger partial charge in [-0.1, -0.05) is 12.1 Å². The lowest BCUT2D eigenvalue weighted by atomic mass is 10.0. The summed E-state index contributed by atoms with van der Waals surface area (Å²) in [6, 6.07) is 10.6. The highest BCUT2D eigenvalue weighted by molar-refractivity contribution is 7.12. The van der Waals surface area contributed by atoms with Crippen LogP contribution in [0, 0.1) is 13.8 Å². The molecule has 1 aliphatic rings. The van der Waals surface area contributed by atoms with Gasteiger partial charge in [-0.05, 0) is 49.1 Å². The number of carbonyl (C=O) groups excluding carboxylic acids is 2. The Morgan fingerprint density at radius 3 is 2.58 bits per heavy atom. The zero-order valence-corrected chi connectivity index (χ0v) is 19.6. The zero-order valence-electron chi connectivity index (χ0n) is 18.8. The fraction of sp³-hybridized carbons (Fsp3) is 0.292. The lowest BCUT2D eigenvalue weighted by Crippen LogP contribution is -2.31. The number of carbonyl (C=O) groups is 2. The number of benzene rings is 1. The predicted octanol–water partition coefficient (Wildman–Crippen LogP) is 4.51. The Balaban J connectivity index is 1.57. The third-order valence-electron chi connectivity index (χ3n) is 5.35. The molecule has 1 atom stereocenters. The highest BCUT2D eigenvalue weighted by Crippen LogP contribution is 2.37. The van der Waals surface area contributed by atoms with Crippen LogP contribution in [0.15, 0.2) is 51.3 Å². The molecule has 0 fully saturated rings. The van der Waals surface area contributed by atoms with Gasteiger partial charge in [0.05, 0.1) is 30.9 Å². The van der Waals surface area contributed by atoms with Crippen LogP contribution in [0.4, 0.5) is 0 Å². The molecular formula is C24H24N2O6S. The number of hydrazone groups is 1. The Morgan fingerprint density at radius 2 is 1.94 bits per heavy atom. The van der Waals surface area contributed by atoms with E-state index in [1.807, 2.05) is 29.6 Å². The van der Waals surface area contributed by atoms with E-state index in [0.717, 1.165) is 16.2 Å². The number of aryl methyl sites for hydroxylation is 2. The molecule has 4 rings (SSSR count). The van der Waals surface area contributed by atoms with Crippen LogP contribution in [-0.4, -0.2) is 43.4 Å². The zero-order chi connectivity index (χ0) is 23.5. The first-order valence-corrected chi connectivity index (χ1v) is 11.2. The maximum atomic E-state index is 13.1. The van der Waals surface area contributed by atoms with Gasteiger partial charge >= 0.3 is 5.97 Å².